The van der Waals surface area contributed by atoms with Crippen LogP contribution in [-0.2, 0) is 16.1 Å². The summed E-state index contributed by atoms with van der Waals surface area (Å²) in [5, 5.41) is 7.40. The van der Waals surface area contributed by atoms with Crippen molar-refractivity contribution >= 4 is 17.5 Å². The molecule has 0 saturated carbocycles. The van der Waals surface area contributed by atoms with E-state index in [-0.39, 0.29) is 18.4 Å². The third kappa shape index (κ3) is 3.39. The number of anilines is 1. The van der Waals surface area contributed by atoms with Crippen LogP contribution in [0.2, 0.25) is 0 Å². The van der Waals surface area contributed by atoms with E-state index in [0.29, 0.717) is 36.0 Å². The Labute approximate surface area is 174 Å². The number of nitrogens with zero attached hydrogens (tertiary/aromatic N) is 3. The van der Waals surface area contributed by atoms with Crippen LogP contribution in [-0.4, -0.2) is 47.4 Å². The first-order valence-corrected chi connectivity index (χ1v) is 9.74. The zero-order valence-electron chi connectivity index (χ0n) is 17.2. The van der Waals surface area contributed by atoms with E-state index >= 15 is 0 Å². The highest BCUT2D eigenvalue weighted by molar-refractivity contribution is 6.12. The topological polar surface area (TPSA) is 89.6 Å². The molecule has 4 rings (SSSR count). The largest absolute Gasteiger partial charge is 0.463 e. The fraction of sp³-hybridized carbons (Fsp3) is 0.318. The van der Waals surface area contributed by atoms with Crippen LogP contribution in [0.1, 0.15) is 23.0 Å². The van der Waals surface area contributed by atoms with Crippen molar-refractivity contribution in [3.63, 3.8) is 0 Å². The lowest BCUT2D eigenvalue weighted by molar-refractivity contribution is -0.126. The minimum atomic E-state index is -1.17. The van der Waals surface area contributed by atoms with Gasteiger partial charge in [-0.2, -0.15) is 5.10 Å². The molecule has 1 unspecified atom stereocenters. The maximum Gasteiger partial charge on any atom is 0.277 e. The summed E-state index contributed by atoms with van der Waals surface area (Å²) >= 11 is 0. The molecule has 0 saturated heterocycles. The van der Waals surface area contributed by atoms with Gasteiger partial charge in [0.15, 0.2) is 5.76 Å². The standard InChI is InChI=1S/C22H24N4O4/c1-15-6-8-16(9-7-15)26-20(27)18-13-17(19-5-4-11-30-19)24-25(18)14-22(26,2)21(28)23-10-12-29-3/h4-9,11,13H,10,12,14H2,1-3H3,(H,23,28). The summed E-state index contributed by atoms with van der Waals surface area (Å²) in [6, 6.07) is 12.8. The van der Waals surface area contributed by atoms with E-state index in [2.05, 4.69) is 10.4 Å². The molecule has 0 bridgehead atoms. The number of carbonyl (C=O) groups is 2. The Bertz CT molecular complexity index is 1060. The van der Waals surface area contributed by atoms with E-state index in [4.69, 9.17) is 9.15 Å². The maximum absolute atomic E-state index is 13.6. The lowest BCUT2D eigenvalue weighted by atomic mass is 9.94. The molecule has 1 atom stereocenters. The van der Waals surface area contributed by atoms with Gasteiger partial charge in [0.2, 0.25) is 5.91 Å². The van der Waals surface area contributed by atoms with Crippen LogP contribution in [0.25, 0.3) is 11.5 Å². The molecule has 0 spiro atoms. The number of rotatable bonds is 6. The van der Waals surface area contributed by atoms with Gasteiger partial charge in [-0.25, -0.2) is 0 Å². The number of benzene rings is 1. The minimum absolute atomic E-state index is 0.210. The third-order valence-electron chi connectivity index (χ3n) is 5.30. The van der Waals surface area contributed by atoms with E-state index in [1.54, 1.807) is 48.1 Å². The van der Waals surface area contributed by atoms with Crippen LogP contribution in [0, 0.1) is 6.92 Å². The van der Waals surface area contributed by atoms with Gasteiger partial charge in [0.25, 0.3) is 5.91 Å². The van der Waals surface area contributed by atoms with Crippen LogP contribution < -0.4 is 10.2 Å². The fourth-order valence-corrected chi connectivity index (χ4v) is 3.68. The molecule has 1 N–H and O–H groups in total. The fourth-order valence-electron chi connectivity index (χ4n) is 3.68. The molecule has 156 valence electrons. The number of furan rings is 1. The quantitative estimate of drug-likeness (QED) is 0.634. The Morgan fingerprint density at radius 3 is 2.73 bits per heavy atom. The monoisotopic (exact) mass is 408 g/mol. The Hall–Kier alpha value is -3.39. The number of carbonyl (C=O) groups excluding carboxylic acids is 2. The van der Waals surface area contributed by atoms with Crippen molar-refractivity contribution < 1.29 is 18.7 Å². The van der Waals surface area contributed by atoms with E-state index < -0.39 is 5.54 Å². The molecule has 2 amide bonds. The van der Waals surface area contributed by atoms with Gasteiger partial charge in [0.1, 0.15) is 16.9 Å². The van der Waals surface area contributed by atoms with Crippen molar-refractivity contribution in [2.45, 2.75) is 25.9 Å². The molecule has 0 fully saturated rings. The lowest BCUT2D eigenvalue weighted by Crippen LogP contribution is -2.64. The molecule has 2 aromatic heterocycles. The molecular weight excluding hydrogens is 384 g/mol. The summed E-state index contributed by atoms with van der Waals surface area (Å²) < 4.78 is 12.0. The Balaban J connectivity index is 1.77. The number of nitrogens with one attached hydrogen (secondary N) is 1. The highest BCUT2D eigenvalue weighted by atomic mass is 16.5. The molecule has 8 heteroatoms. The predicted molar refractivity (Wildman–Crippen MR) is 111 cm³/mol. The van der Waals surface area contributed by atoms with Gasteiger partial charge < -0.3 is 14.5 Å². The summed E-state index contributed by atoms with van der Waals surface area (Å²) in [6.07, 6.45) is 1.56. The number of ether oxygens (including phenoxy) is 1. The molecule has 1 aliphatic heterocycles. The summed E-state index contributed by atoms with van der Waals surface area (Å²) in [5.74, 6) is 0.00630. The van der Waals surface area contributed by atoms with Crippen molar-refractivity contribution in [2.75, 3.05) is 25.2 Å². The zero-order chi connectivity index (χ0) is 21.3. The van der Waals surface area contributed by atoms with E-state index in [1.807, 2.05) is 31.2 Å². The predicted octanol–water partition coefficient (Wildman–Crippen LogP) is 2.63. The molecule has 30 heavy (non-hydrogen) atoms. The van der Waals surface area contributed by atoms with Gasteiger partial charge in [0, 0.05) is 25.4 Å². The van der Waals surface area contributed by atoms with Crippen molar-refractivity contribution in [3.8, 4) is 11.5 Å². The van der Waals surface area contributed by atoms with Gasteiger partial charge in [-0.05, 0) is 38.1 Å². The highest BCUT2D eigenvalue weighted by Gasteiger charge is 2.48. The van der Waals surface area contributed by atoms with Crippen LogP contribution >= 0.6 is 0 Å². The number of methoxy groups -OCH3 is 1. The number of amides is 2. The summed E-state index contributed by atoms with van der Waals surface area (Å²) in [4.78, 5) is 28.3. The smallest absolute Gasteiger partial charge is 0.277 e. The molecule has 1 aromatic carbocycles. The van der Waals surface area contributed by atoms with Gasteiger partial charge >= 0.3 is 0 Å². The van der Waals surface area contributed by atoms with Gasteiger partial charge in [0.05, 0.1) is 19.4 Å². The first-order chi connectivity index (χ1) is 14.4. The van der Waals surface area contributed by atoms with Gasteiger partial charge in [-0.15, -0.1) is 0 Å². The second-order valence-electron chi connectivity index (χ2n) is 7.55. The molecule has 3 heterocycles. The minimum Gasteiger partial charge on any atom is -0.463 e. The molecular formula is C22H24N4O4. The molecule has 0 aliphatic carbocycles. The van der Waals surface area contributed by atoms with Crippen molar-refractivity contribution in [1.29, 1.82) is 0 Å². The molecule has 3 aromatic rings. The average Bonchev–Trinajstić information content (AvgIpc) is 3.39. The average molecular weight is 408 g/mol. The number of aromatic nitrogens is 2. The number of hydrogen-bond acceptors (Lipinski definition) is 5. The second-order valence-corrected chi connectivity index (χ2v) is 7.55. The maximum atomic E-state index is 13.6. The van der Waals surface area contributed by atoms with Crippen LogP contribution in [0.5, 0.6) is 0 Å². The first-order valence-electron chi connectivity index (χ1n) is 9.74. The highest BCUT2D eigenvalue weighted by Crippen LogP contribution is 2.34. The zero-order valence-corrected chi connectivity index (χ0v) is 17.2. The van der Waals surface area contributed by atoms with E-state index in [1.165, 1.54) is 0 Å². The van der Waals surface area contributed by atoms with Gasteiger partial charge in [-0.1, -0.05) is 17.7 Å². The Kier molecular flexibility index (Phi) is 5.17. The van der Waals surface area contributed by atoms with Gasteiger partial charge in [-0.3, -0.25) is 19.2 Å². The summed E-state index contributed by atoms with van der Waals surface area (Å²) in [7, 11) is 1.57. The summed E-state index contributed by atoms with van der Waals surface area (Å²) in [5.41, 5.74) is 1.52. The number of fused-ring (bicyclic) bond motifs is 1. The molecule has 0 radical (unpaired) electrons. The normalized spacial score (nSPS) is 18.4. The SMILES string of the molecule is COCCNC(=O)C1(C)Cn2nc(-c3ccco3)cc2C(=O)N1c1ccc(C)cc1. The third-order valence-corrected chi connectivity index (χ3v) is 5.30. The molecule has 8 nitrogen and oxygen atoms in total. The van der Waals surface area contributed by atoms with Crippen LogP contribution in [0.4, 0.5) is 5.69 Å². The summed E-state index contributed by atoms with van der Waals surface area (Å²) in [6.45, 7) is 4.68. The van der Waals surface area contributed by atoms with Crippen LogP contribution in [0.3, 0.4) is 0 Å². The van der Waals surface area contributed by atoms with Crippen LogP contribution in [0.15, 0.2) is 53.1 Å². The van der Waals surface area contributed by atoms with Crippen molar-refractivity contribution in [3.05, 3.63) is 60.0 Å². The lowest BCUT2D eigenvalue weighted by Gasteiger charge is -2.43. The molecule has 1 aliphatic rings. The Morgan fingerprint density at radius 2 is 2.07 bits per heavy atom. The number of hydrogen-bond donors (Lipinski definition) is 1. The van der Waals surface area contributed by atoms with E-state index in [0.717, 1.165) is 5.56 Å². The Morgan fingerprint density at radius 1 is 1.30 bits per heavy atom. The van der Waals surface area contributed by atoms with E-state index in [9.17, 15) is 9.59 Å². The second kappa shape index (κ2) is 7.79. The number of aryl methyl sites for hydroxylation is 1. The van der Waals surface area contributed by atoms with Crippen molar-refractivity contribution in [1.82, 2.24) is 15.1 Å². The van der Waals surface area contributed by atoms with Crippen molar-refractivity contribution in [2.24, 2.45) is 0 Å². The first kappa shape index (κ1) is 19.9.